The molecule has 12 heteroatoms. The third kappa shape index (κ3) is 6.79. The summed E-state index contributed by atoms with van der Waals surface area (Å²) in [6, 6.07) is 9.70. The van der Waals surface area contributed by atoms with E-state index in [1.165, 1.54) is 6.07 Å². The van der Waals surface area contributed by atoms with Gasteiger partial charge in [-0.05, 0) is 75.9 Å². The summed E-state index contributed by atoms with van der Waals surface area (Å²) in [7, 11) is 0. The Hall–Kier alpha value is -2.36. The smallest absolute Gasteiger partial charge is 0.397 e. The van der Waals surface area contributed by atoms with Gasteiger partial charge in [0.2, 0.25) is 5.91 Å². The van der Waals surface area contributed by atoms with Gasteiger partial charge in [0.1, 0.15) is 12.2 Å². The van der Waals surface area contributed by atoms with Gasteiger partial charge in [0.05, 0.1) is 15.7 Å². The van der Waals surface area contributed by atoms with E-state index in [0.717, 1.165) is 18.5 Å². The number of anilines is 2. The van der Waals surface area contributed by atoms with E-state index in [2.05, 4.69) is 15.5 Å². The van der Waals surface area contributed by atoms with Crippen LogP contribution in [0.4, 0.5) is 24.5 Å². The molecule has 0 saturated carbocycles. The molecule has 2 bridgehead atoms. The van der Waals surface area contributed by atoms with Gasteiger partial charge in [0, 0.05) is 28.8 Å². The number of fused-ring (bicyclic) bond motifs is 2. The number of rotatable bonds is 7. The zero-order valence-corrected chi connectivity index (χ0v) is 22.9. The normalized spacial score (nSPS) is 21.3. The molecule has 0 unspecified atom stereocenters. The second-order valence-electron chi connectivity index (χ2n) is 10.1. The maximum atomic E-state index is 13.1. The van der Waals surface area contributed by atoms with Crippen LogP contribution >= 0.6 is 34.8 Å². The Morgan fingerprint density at radius 1 is 1.00 bits per heavy atom. The van der Waals surface area contributed by atoms with Gasteiger partial charge in [-0.15, -0.1) is 0 Å². The molecule has 2 saturated heterocycles. The lowest BCUT2D eigenvalue weighted by molar-refractivity contribution is -0.150. The Kier molecular flexibility index (Phi) is 8.31. The molecule has 0 radical (unpaired) electrons. The summed E-state index contributed by atoms with van der Waals surface area (Å²) in [6.07, 6.45) is -2.93. The van der Waals surface area contributed by atoms with Gasteiger partial charge in [0.15, 0.2) is 5.60 Å². The topological polar surface area (TPSA) is 70.7 Å². The minimum absolute atomic E-state index is 0.0699. The Balaban J connectivity index is 1.38. The molecular formula is C26H27Cl3F3N3O3. The molecule has 2 aromatic rings. The number of carbonyl (C=O) groups excluding carboxylic acids is 2. The summed E-state index contributed by atoms with van der Waals surface area (Å²) >= 11 is 18.6. The predicted octanol–water partition coefficient (Wildman–Crippen LogP) is 7.01. The summed E-state index contributed by atoms with van der Waals surface area (Å²) in [5, 5.41) is 6.47. The minimum atomic E-state index is -4.59. The molecule has 2 aromatic carbocycles. The van der Waals surface area contributed by atoms with Gasteiger partial charge in [-0.3, -0.25) is 9.59 Å². The summed E-state index contributed by atoms with van der Waals surface area (Å²) in [6.45, 7) is 3.34. The van der Waals surface area contributed by atoms with Crippen LogP contribution in [0, 0.1) is 0 Å². The number of nitrogens with zero attached hydrogens (tertiary/aromatic N) is 1. The molecule has 2 aliphatic rings. The van der Waals surface area contributed by atoms with Crippen LogP contribution in [0.1, 0.15) is 46.0 Å². The maximum Gasteiger partial charge on any atom is 0.397 e. The molecule has 206 valence electrons. The van der Waals surface area contributed by atoms with Crippen LogP contribution in [0.5, 0.6) is 5.75 Å². The number of alkyl halides is 3. The highest BCUT2D eigenvalue weighted by molar-refractivity contribution is 6.35. The van der Waals surface area contributed by atoms with Gasteiger partial charge in [-0.1, -0.05) is 34.8 Å². The number of carbonyl (C=O) groups is 2. The maximum absolute atomic E-state index is 13.1. The van der Waals surface area contributed by atoms with Crippen molar-refractivity contribution in [2.75, 3.05) is 10.2 Å². The van der Waals surface area contributed by atoms with Crippen LogP contribution in [-0.4, -0.2) is 41.7 Å². The Morgan fingerprint density at radius 2 is 1.66 bits per heavy atom. The first kappa shape index (κ1) is 28.6. The molecule has 2 N–H and O–H groups in total. The van der Waals surface area contributed by atoms with Crippen molar-refractivity contribution in [1.82, 2.24) is 5.32 Å². The van der Waals surface area contributed by atoms with Crippen molar-refractivity contribution < 1.29 is 27.5 Å². The highest BCUT2D eigenvalue weighted by Crippen LogP contribution is 2.43. The minimum Gasteiger partial charge on any atom is -0.476 e. The number of hydrogen-bond acceptors (Lipinski definition) is 4. The number of nitrogens with one attached hydrogen (secondary N) is 2. The summed E-state index contributed by atoms with van der Waals surface area (Å²) in [4.78, 5) is 27.0. The van der Waals surface area contributed by atoms with E-state index in [1.54, 1.807) is 44.2 Å². The van der Waals surface area contributed by atoms with Crippen molar-refractivity contribution in [3.05, 3.63) is 51.5 Å². The monoisotopic (exact) mass is 591 g/mol. The molecule has 2 fully saturated rings. The van der Waals surface area contributed by atoms with E-state index in [9.17, 15) is 22.8 Å². The highest BCUT2D eigenvalue weighted by Gasteiger charge is 2.43. The van der Waals surface area contributed by atoms with Crippen LogP contribution < -0.4 is 20.3 Å². The number of piperidine rings is 1. The molecular weight excluding hydrogens is 566 g/mol. The summed E-state index contributed by atoms with van der Waals surface area (Å²) < 4.78 is 43.3. The number of amides is 2. The van der Waals surface area contributed by atoms with Crippen molar-refractivity contribution in [3.8, 4) is 5.75 Å². The highest BCUT2D eigenvalue weighted by atomic mass is 35.5. The third-order valence-corrected chi connectivity index (χ3v) is 7.58. The lowest BCUT2D eigenvalue weighted by Crippen LogP contribution is -2.55. The number of hydrogen-bond donors (Lipinski definition) is 2. The first-order chi connectivity index (χ1) is 17.7. The Bertz CT molecular complexity index is 1210. The van der Waals surface area contributed by atoms with Crippen molar-refractivity contribution in [2.45, 2.75) is 75.9 Å². The van der Waals surface area contributed by atoms with E-state index >= 15 is 0 Å². The Morgan fingerprint density at radius 3 is 2.24 bits per heavy atom. The van der Waals surface area contributed by atoms with Crippen LogP contribution in [0.2, 0.25) is 15.1 Å². The fourth-order valence-corrected chi connectivity index (χ4v) is 5.83. The first-order valence-corrected chi connectivity index (χ1v) is 13.2. The second kappa shape index (κ2) is 11.0. The van der Waals surface area contributed by atoms with E-state index in [0.29, 0.717) is 33.7 Å². The fourth-order valence-electron chi connectivity index (χ4n) is 5.11. The molecule has 0 aliphatic carbocycles. The van der Waals surface area contributed by atoms with Crippen LogP contribution in [0.25, 0.3) is 0 Å². The molecule has 4 rings (SSSR count). The van der Waals surface area contributed by atoms with Crippen LogP contribution in [-0.2, 0) is 9.59 Å². The van der Waals surface area contributed by atoms with E-state index < -0.39 is 24.1 Å². The number of ether oxygens (including phenoxy) is 1. The number of halogens is 6. The van der Waals surface area contributed by atoms with Crippen molar-refractivity contribution in [1.29, 1.82) is 0 Å². The average molecular weight is 593 g/mol. The number of benzene rings is 2. The van der Waals surface area contributed by atoms with Gasteiger partial charge in [0.25, 0.3) is 5.91 Å². The molecule has 3 atom stereocenters. The average Bonchev–Trinajstić information content (AvgIpc) is 3.04. The molecule has 2 aliphatic heterocycles. The standard InChI is InChI=1S/C26H27Cl3F3N3O3/c1-25(2,38-22-8-3-14(27)9-20(22)29)24(37)34-16-10-17-5-6-18(11-16)35(17)21-7-4-15(12-19(21)28)33-23(36)13-26(30,31)32/h3-4,7-9,12,16-18H,5-6,10-11,13H2,1-2H3,(H,33,36)(H,34,37)/t16-,17+,18-. The van der Waals surface area contributed by atoms with Crippen molar-refractivity contribution >= 4 is 58.0 Å². The van der Waals surface area contributed by atoms with Gasteiger partial charge in [-0.25, -0.2) is 0 Å². The lowest BCUT2D eigenvalue weighted by Gasteiger charge is -2.42. The predicted molar refractivity (Wildman–Crippen MR) is 142 cm³/mol. The summed E-state index contributed by atoms with van der Waals surface area (Å²) in [5.74, 6) is -1.06. The molecule has 6 nitrogen and oxygen atoms in total. The second-order valence-corrected chi connectivity index (χ2v) is 11.4. The van der Waals surface area contributed by atoms with Gasteiger partial charge in [-0.2, -0.15) is 13.2 Å². The fraction of sp³-hybridized carbons (Fsp3) is 0.462. The van der Waals surface area contributed by atoms with E-state index in [-0.39, 0.29) is 29.7 Å². The lowest BCUT2D eigenvalue weighted by atomic mass is 9.95. The molecule has 2 heterocycles. The molecule has 38 heavy (non-hydrogen) atoms. The van der Waals surface area contributed by atoms with Crippen LogP contribution in [0.3, 0.4) is 0 Å². The zero-order valence-electron chi connectivity index (χ0n) is 20.7. The van der Waals surface area contributed by atoms with Crippen molar-refractivity contribution in [3.63, 3.8) is 0 Å². The summed E-state index contributed by atoms with van der Waals surface area (Å²) in [5.41, 5.74) is -0.229. The SMILES string of the molecule is CC(C)(Oc1ccc(Cl)cc1Cl)C(=O)N[C@H]1C[C@H]2CC[C@@H](C1)N2c1ccc(NC(=O)CC(F)(F)F)cc1Cl. The quantitative estimate of drug-likeness (QED) is 0.363. The zero-order chi connectivity index (χ0) is 27.8. The molecule has 0 spiro atoms. The first-order valence-electron chi connectivity index (χ1n) is 12.1. The Labute approximate surface area is 233 Å². The molecule has 2 amide bonds. The largest absolute Gasteiger partial charge is 0.476 e. The van der Waals surface area contributed by atoms with Gasteiger partial charge < -0.3 is 20.3 Å². The third-order valence-electron chi connectivity index (χ3n) is 6.74. The van der Waals surface area contributed by atoms with E-state index in [4.69, 9.17) is 39.5 Å². The molecule has 0 aromatic heterocycles. The van der Waals surface area contributed by atoms with Crippen LogP contribution in [0.15, 0.2) is 36.4 Å². The van der Waals surface area contributed by atoms with E-state index in [1.807, 2.05) is 0 Å². The van der Waals surface area contributed by atoms with Crippen molar-refractivity contribution in [2.24, 2.45) is 0 Å². The van der Waals surface area contributed by atoms with Gasteiger partial charge >= 0.3 is 6.18 Å².